The molecule has 3 rings (SSSR count). The van der Waals surface area contributed by atoms with Crippen LogP contribution in [0.1, 0.15) is 11.1 Å². The lowest BCUT2D eigenvalue weighted by Gasteiger charge is -2.32. The van der Waals surface area contributed by atoms with E-state index in [1.807, 2.05) is 30.3 Å². The second-order valence-corrected chi connectivity index (χ2v) is 5.45. The summed E-state index contributed by atoms with van der Waals surface area (Å²) in [7, 11) is 0. The van der Waals surface area contributed by atoms with Crippen molar-refractivity contribution >= 4 is 23.3 Å². The van der Waals surface area contributed by atoms with Crippen molar-refractivity contribution in [1.29, 1.82) is 0 Å². The fourth-order valence-corrected chi connectivity index (χ4v) is 2.82. The highest BCUT2D eigenvalue weighted by Gasteiger charge is 2.37. The maximum Gasteiger partial charge on any atom is 0.340 e. The highest BCUT2D eigenvalue weighted by atomic mass is 16.4. The Kier molecular flexibility index (Phi) is 3.82. The van der Waals surface area contributed by atoms with E-state index in [1.54, 1.807) is 18.2 Å². The summed E-state index contributed by atoms with van der Waals surface area (Å²) < 4.78 is 0. The quantitative estimate of drug-likeness (QED) is 0.886. The molecular formula is C18H15N2O3+. The van der Waals surface area contributed by atoms with Crippen molar-refractivity contribution in [3.05, 3.63) is 64.5 Å². The van der Waals surface area contributed by atoms with Crippen molar-refractivity contribution < 1.29 is 14.7 Å². The fraction of sp³-hybridized carbons (Fsp3) is 0.167. The van der Waals surface area contributed by atoms with Crippen LogP contribution in [0.15, 0.2) is 48.5 Å². The zero-order valence-electron chi connectivity index (χ0n) is 12.3. The number of nitrogens with zero attached hydrogens (tertiary/aromatic N) is 2. The molecule has 0 fully saturated rings. The molecule has 1 amide bonds. The number of anilines is 1. The van der Waals surface area contributed by atoms with Crippen molar-refractivity contribution in [2.24, 2.45) is 5.92 Å². The van der Waals surface area contributed by atoms with Gasteiger partial charge in [-0.2, -0.15) is 0 Å². The molecule has 23 heavy (non-hydrogen) atoms. The van der Waals surface area contributed by atoms with Gasteiger partial charge in [0.2, 0.25) is 5.91 Å². The summed E-state index contributed by atoms with van der Waals surface area (Å²) in [5, 5.41) is 9.35. The molecule has 114 valence electrons. The minimum atomic E-state index is -1.12. The number of rotatable bonds is 3. The molecule has 5 nitrogen and oxygen atoms in total. The van der Waals surface area contributed by atoms with Crippen molar-refractivity contribution in [3.8, 4) is 6.57 Å². The minimum Gasteiger partial charge on any atom is -0.481 e. The van der Waals surface area contributed by atoms with E-state index < -0.39 is 17.8 Å². The molecule has 0 bridgehead atoms. The summed E-state index contributed by atoms with van der Waals surface area (Å²) in [4.78, 5) is 29.2. The van der Waals surface area contributed by atoms with Crippen molar-refractivity contribution in [1.82, 2.24) is 0 Å². The molecular weight excluding hydrogens is 292 g/mol. The smallest absolute Gasteiger partial charge is 0.340 e. The number of carboxylic acids is 1. The number of fused-ring (bicyclic) bond motifs is 1. The molecule has 2 aromatic carbocycles. The largest absolute Gasteiger partial charge is 0.481 e. The fourth-order valence-electron chi connectivity index (χ4n) is 2.82. The van der Waals surface area contributed by atoms with Crippen LogP contribution in [0.2, 0.25) is 0 Å². The summed E-state index contributed by atoms with van der Waals surface area (Å²) in [6.45, 7) is 5.62. The van der Waals surface area contributed by atoms with Crippen LogP contribution in [0.25, 0.3) is 4.85 Å². The molecule has 1 aliphatic rings. The SMILES string of the molecule is C#[N+]c1ccc2c(c1)CC(C(=O)O)C(=O)N2Cc1ccccc1. The van der Waals surface area contributed by atoms with Gasteiger partial charge in [0.25, 0.3) is 6.57 Å². The van der Waals surface area contributed by atoms with Gasteiger partial charge in [0.1, 0.15) is 5.92 Å². The second kappa shape index (κ2) is 5.93. The Labute approximate surface area is 133 Å². The molecule has 1 N–H and O–H groups in total. The zero-order chi connectivity index (χ0) is 16.4. The Morgan fingerprint density at radius 2 is 2.00 bits per heavy atom. The van der Waals surface area contributed by atoms with Crippen LogP contribution in [0.4, 0.5) is 11.4 Å². The topological polar surface area (TPSA) is 62.0 Å². The predicted octanol–water partition coefficient (Wildman–Crippen LogP) is 3.07. The van der Waals surface area contributed by atoms with E-state index in [-0.39, 0.29) is 6.42 Å². The molecule has 0 aliphatic carbocycles. The van der Waals surface area contributed by atoms with Gasteiger partial charge >= 0.3 is 11.7 Å². The van der Waals surface area contributed by atoms with Crippen LogP contribution in [-0.2, 0) is 22.6 Å². The minimum absolute atomic E-state index is 0.151. The zero-order valence-corrected chi connectivity index (χ0v) is 12.3. The van der Waals surface area contributed by atoms with Crippen LogP contribution >= 0.6 is 0 Å². The lowest BCUT2D eigenvalue weighted by Crippen LogP contribution is -2.44. The number of hydrogen-bond donors (Lipinski definition) is 1. The van der Waals surface area contributed by atoms with Crippen LogP contribution < -0.4 is 4.90 Å². The Hall–Kier alpha value is -3.13. The lowest BCUT2D eigenvalue weighted by molar-refractivity contribution is -0.146. The van der Waals surface area contributed by atoms with E-state index in [4.69, 9.17) is 6.57 Å². The van der Waals surface area contributed by atoms with Gasteiger partial charge in [-0.3, -0.25) is 9.59 Å². The predicted molar refractivity (Wildman–Crippen MR) is 86.9 cm³/mol. The highest BCUT2D eigenvalue weighted by Crippen LogP contribution is 2.34. The molecule has 2 aromatic rings. The van der Waals surface area contributed by atoms with Gasteiger partial charge in [-0.25, -0.2) is 0 Å². The van der Waals surface area contributed by atoms with E-state index in [9.17, 15) is 14.7 Å². The molecule has 1 atom stereocenters. The monoisotopic (exact) mass is 307 g/mol. The first-order valence-electron chi connectivity index (χ1n) is 7.22. The van der Waals surface area contributed by atoms with Gasteiger partial charge in [-0.1, -0.05) is 30.3 Å². The maximum absolute atomic E-state index is 12.6. The number of amides is 1. The first-order valence-corrected chi connectivity index (χ1v) is 7.22. The van der Waals surface area contributed by atoms with Crippen molar-refractivity contribution in [2.75, 3.05) is 4.90 Å². The summed E-state index contributed by atoms with van der Waals surface area (Å²) in [6.07, 6.45) is 0.151. The Bertz CT molecular complexity index is 809. The van der Waals surface area contributed by atoms with Crippen molar-refractivity contribution in [3.63, 3.8) is 0 Å². The third-order valence-electron chi connectivity index (χ3n) is 3.97. The van der Waals surface area contributed by atoms with Gasteiger partial charge in [0.15, 0.2) is 0 Å². The second-order valence-electron chi connectivity index (χ2n) is 5.45. The Balaban J connectivity index is 2.04. The van der Waals surface area contributed by atoms with E-state index in [2.05, 4.69) is 4.85 Å². The number of benzene rings is 2. The van der Waals surface area contributed by atoms with Gasteiger partial charge in [-0.05, 0) is 28.5 Å². The molecule has 5 heteroatoms. The van der Waals surface area contributed by atoms with E-state index in [0.29, 0.717) is 17.9 Å². The first kappa shape index (κ1) is 14.8. The van der Waals surface area contributed by atoms with Crippen LogP contribution in [0.5, 0.6) is 0 Å². The number of aliphatic carboxylic acids is 1. The summed E-state index contributed by atoms with van der Waals surface area (Å²) in [5.41, 5.74) is 2.97. The number of carbonyl (C=O) groups is 2. The Morgan fingerprint density at radius 3 is 2.65 bits per heavy atom. The third kappa shape index (κ3) is 2.79. The van der Waals surface area contributed by atoms with Gasteiger partial charge < -0.3 is 10.0 Å². The van der Waals surface area contributed by atoms with E-state index in [0.717, 1.165) is 11.1 Å². The van der Waals surface area contributed by atoms with E-state index >= 15 is 0 Å². The summed E-state index contributed by atoms with van der Waals surface area (Å²) in [6, 6.07) is 14.7. The standard InChI is InChI=1S/C18H14N2O3/c1-19-14-7-8-16-13(9-14)10-15(18(22)23)17(21)20(16)11-12-5-3-2-4-6-12/h1-9,15H,10-11H2/p+1. The summed E-state index contributed by atoms with van der Waals surface area (Å²) >= 11 is 0. The Morgan fingerprint density at radius 1 is 1.26 bits per heavy atom. The third-order valence-corrected chi connectivity index (χ3v) is 3.97. The average Bonchev–Trinajstić information content (AvgIpc) is 2.57. The molecule has 1 aliphatic heterocycles. The number of carbonyl (C=O) groups excluding carboxylic acids is 1. The first-order chi connectivity index (χ1) is 11.1. The molecule has 0 radical (unpaired) electrons. The van der Waals surface area contributed by atoms with Crippen LogP contribution in [0, 0.1) is 12.5 Å². The van der Waals surface area contributed by atoms with Gasteiger partial charge in [-0.15, -0.1) is 0 Å². The van der Waals surface area contributed by atoms with Gasteiger partial charge in [0, 0.05) is 17.8 Å². The summed E-state index contributed by atoms with van der Waals surface area (Å²) in [5.74, 6) is -2.60. The average molecular weight is 307 g/mol. The molecule has 0 spiro atoms. The van der Waals surface area contributed by atoms with Crippen LogP contribution in [0.3, 0.4) is 0 Å². The van der Waals surface area contributed by atoms with Crippen LogP contribution in [-0.4, -0.2) is 17.0 Å². The van der Waals surface area contributed by atoms with Gasteiger partial charge in [0.05, 0.1) is 6.54 Å². The molecule has 1 heterocycles. The molecule has 0 saturated heterocycles. The van der Waals surface area contributed by atoms with E-state index in [1.165, 1.54) is 4.90 Å². The number of hydrogen-bond acceptors (Lipinski definition) is 2. The highest BCUT2D eigenvalue weighted by molar-refractivity contribution is 6.08. The normalized spacial score (nSPS) is 16.6. The number of carboxylic acid groups (broad SMARTS) is 1. The van der Waals surface area contributed by atoms with Crippen molar-refractivity contribution in [2.45, 2.75) is 13.0 Å². The molecule has 0 saturated carbocycles. The maximum atomic E-state index is 12.6. The lowest BCUT2D eigenvalue weighted by atomic mass is 9.91. The molecule has 0 aromatic heterocycles. The molecule has 1 unspecified atom stereocenters.